The van der Waals surface area contributed by atoms with E-state index in [1.807, 2.05) is 42.5 Å². The molecule has 0 saturated heterocycles. The third-order valence-electron chi connectivity index (χ3n) is 4.60. The first-order chi connectivity index (χ1) is 13.6. The number of ether oxygens (including phenoxy) is 1. The van der Waals surface area contributed by atoms with Crippen LogP contribution in [0.2, 0.25) is 5.02 Å². The molecule has 0 spiro atoms. The SMILES string of the molecule is CCCCCC(NCCCC)(Oc1ccccc1)C(=O)Nc1ccccc1Cl. The fraction of sp³-hybridized carbons (Fsp3) is 0.435. The molecule has 2 N–H and O–H groups in total. The van der Waals surface area contributed by atoms with Crippen LogP contribution in [-0.4, -0.2) is 18.2 Å². The molecular formula is C23H31ClN2O2. The van der Waals surface area contributed by atoms with Gasteiger partial charge in [0.25, 0.3) is 5.91 Å². The number of nitrogens with one attached hydrogen (secondary N) is 2. The highest BCUT2D eigenvalue weighted by Gasteiger charge is 2.40. The molecule has 0 bridgehead atoms. The van der Waals surface area contributed by atoms with Crippen LogP contribution in [0.15, 0.2) is 54.6 Å². The summed E-state index contributed by atoms with van der Waals surface area (Å²) in [4.78, 5) is 13.4. The van der Waals surface area contributed by atoms with Crippen LogP contribution in [0.1, 0.15) is 52.4 Å². The van der Waals surface area contributed by atoms with Gasteiger partial charge in [0.05, 0.1) is 10.7 Å². The first kappa shape index (κ1) is 22.3. The minimum Gasteiger partial charge on any atom is -0.463 e. The second-order valence-electron chi connectivity index (χ2n) is 6.91. The van der Waals surface area contributed by atoms with E-state index in [0.717, 1.165) is 32.1 Å². The van der Waals surface area contributed by atoms with E-state index in [1.165, 1.54) is 0 Å². The predicted octanol–water partition coefficient (Wildman–Crippen LogP) is 6.02. The van der Waals surface area contributed by atoms with Gasteiger partial charge in [-0.3, -0.25) is 10.1 Å². The van der Waals surface area contributed by atoms with Crippen molar-refractivity contribution in [3.63, 3.8) is 0 Å². The lowest BCUT2D eigenvalue weighted by Gasteiger charge is -2.34. The summed E-state index contributed by atoms with van der Waals surface area (Å²) in [5.74, 6) is 0.439. The Morgan fingerprint density at radius 1 is 0.964 bits per heavy atom. The molecule has 0 aliphatic carbocycles. The highest BCUT2D eigenvalue weighted by Crippen LogP contribution is 2.26. The zero-order valence-electron chi connectivity index (χ0n) is 16.8. The maximum absolute atomic E-state index is 13.4. The normalized spacial score (nSPS) is 13.0. The average Bonchev–Trinajstić information content (AvgIpc) is 2.70. The molecule has 4 nitrogen and oxygen atoms in total. The molecule has 5 heteroatoms. The quantitative estimate of drug-likeness (QED) is 0.337. The molecule has 0 aromatic heterocycles. The van der Waals surface area contributed by atoms with Gasteiger partial charge in [-0.1, -0.05) is 75.0 Å². The van der Waals surface area contributed by atoms with Gasteiger partial charge in [0.15, 0.2) is 0 Å². The van der Waals surface area contributed by atoms with Crippen molar-refractivity contribution in [3.05, 3.63) is 59.6 Å². The maximum atomic E-state index is 13.4. The first-order valence-corrected chi connectivity index (χ1v) is 10.5. The van der Waals surface area contributed by atoms with E-state index in [9.17, 15) is 4.79 Å². The molecule has 0 saturated carbocycles. The third-order valence-corrected chi connectivity index (χ3v) is 4.93. The lowest BCUT2D eigenvalue weighted by Crippen LogP contribution is -2.59. The highest BCUT2D eigenvalue weighted by atomic mass is 35.5. The van der Waals surface area contributed by atoms with E-state index in [-0.39, 0.29) is 5.91 Å². The van der Waals surface area contributed by atoms with Crippen molar-refractivity contribution in [2.75, 3.05) is 11.9 Å². The zero-order chi connectivity index (χ0) is 20.2. The summed E-state index contributed by atoms with van der Waals surface area (Å²) in [6.45, 7) is 4.97. The van der Waals surface area contributed by atoms with Crippen LogP contribution >= 0.6 is 11.6 Å². The molecule has 2 aromatic carbocycles. The summed E-state index contributed by atoms with van der Waals surface area (Å²) in [6.07, 6.45) is 5.58. The molecule has 2 rings (SSSR count). The number of benzene rings is 2. The molecule has 1 unspecified atom stereocenters. The Balaban J connectivity index is 2.31. The molecule has 152 valence electrons. The Morgan fingerprint density at radius 3 is 2.32 bits per heavy atom. The van der Waals surface area contributed by atoms with Gasteiger partial charge in [-0.25, -0.2) is 0 Å². The van der Waals surface area contributed by atoms with Gasteiger partial charge < -0.3 is 10.1 Å². The number of anilines is 1. The van der Waals surface area contributed by atoms with Crippen LogP contribution in [0.25, 0.3) is 0 Å². The summed E-state index contributed by atoms with van der Waals surface area (Å²) in [5, 5.41) is 6.88. The first-order valence-electron chi connectivity index (χ1n) is 10.2. The Hall–Kier alpha value is -2.04. The number of hydrogen-bond acceptors (Lipinski definition) is 3. The Labute approximate surface area is 173 Å². The largest absolute Gasteiger partial charge is 0.463 e. The third kappa shape index (κ3) is 6.54. The molecule has 0 aliphatic heterocycles. The van der Waals surface area contributed by atoms with Gasteiger partial charge >= 0.3 is 0 Å². The predicted molar refractivity (Wildman–Crippen MR) is 117 cm³/mol. The number of hydrogen-bond donors (Lipinski definition) is 2. The summed E-state index contributed by atoms with van der Waals surface area (Å²) in [5.41, 5.74) is -0.562. The van der Waals surface area contributed by atoms with E-state index in [0.29, 0.717) is 29.4 Å². The highest BCUT2D eigenvalue weighted by molar-refractivity contribution is 6.33. The average molecular weight is 403 g/mol. The number of carbonyl (C=O) groups excluding carboxylic acids is 1. The van der Waals surface area contributed by atoms with Gasteiger partial charge in [0.1, 0.15) is 5.75 Å². The van der Waals surface area contributed by atoms with Crippen LogP contribution in [0.3, 0.4) is 0 Å². The van der Waals surface area contributed by atoms with E-state index in [4.69, 9.17) is 16.3 Å². The van der Waals surface area contributed by atoms with Crippen LogP contribution in [0.4, 0.5) is 5.69 Å². The molecule has 1 amide bonds. The van der Waals surface area contributed by atoms with Crippen LogP contribution in [0, 0.1) is 0 Å². The molecule has 28 heavy (non-hydrogen) atoms. The van der Waals surface area contributed by atoms with Crippen LogP contribution in [0.5, 0.6) is 5.75 Å². The van der Waals surface area contributed by atoms with Crippen molar-refractivity contribution in [1.29, 1.82) is 0 Å². The van der Waals surface area contributed by atoms with Gasteiger partial charge in [-0.2, -0.15) is 0 Å². The van der Waals surface area contributed by atoms with Gasteiger partial charge in [-0.05, 0) is 43.7 Å². The number of halogens is 1. The molecule has 1 atom stereocenters. The summed E-state index contributed by atoms with van der Waals surface area (Å²) in [7, 11) is 0. The van der Waals surface area contributed by atoms with Crippen LogP contribution in [-0.2, 0) is 4.79 Å². The van der Waals surface area contributed by atoms with E-state index in [1.54, 1.807) is 12.1 Å². The van der Waals surface area contributed by atoms with Crippen molar-refractivity contribution in [3.8, 4) is 5.75 Å². The standard InChI is InChI=1S/C23H31ClN2O2/c1-3-5-12-17-23(25-18-6-4-2,28-19-13-8-7-9-14-19)22(27)26-21-16-11-10-15-20(21)24/h7-11,13-16,25H,3-6,12,17-18H2,1-2H3,(H,26,27). The molecule has 0 aliphatic rings. The van der Waals surface area contributed by atoms with E-state index < -0.39 is 5.72 Å². The Morgan fingerprint density at radius 2 is 1.64 bits per heavy atom. The molecule has 0 fully saturated rings. The molecule has 0 heterocycles. The molecular weight excluding hydrogens is 372 g/mol. The second-order valence-corrected chi connectivity index (χ2v) is 7.32. The van der Waals surface area contributed by atoms with E-state index >= 15 is 0 Å². The molecule has 0 radical (unpaired) electrons. The second kappa shape index (κ2) is 11.7. The van der Waals surface area contributed by atoms with Crippen molar-refractivity contribution in [2.45, 2.75) is 58.1 Å². The lowest BCUT2D eigenvalue weighted by molar-refractivity contribution is -0.135. The number of para-hydroxylation sites is 2. The number of rotatable bonds is 12. The van der Waals surface area contributed by atoms with Crippen molar-refractivity contribution in [1.82, 2.24) is 5.32 Å². The smallest absolute Gasteiger partial charge is 0.284 e. The maximum Gasteiger partial charge on any atom is 0.284 e. The molecule has 2 aromatic rings. The topological polar surface area (TPSA) is 50.4 Å². The van der Waals surface area contributed by atoms with Crippen LogP contribution < -0.4 is 15.4 Å². The Kier molecular flexibility index (Phi) is 9.32. The fourth-order valence-corrected chi connectivity index (χ4v) is 3.17. The van der Waals surface area contributed by atoms with Crippen molar-refractivity contribution < 1.29 is 9.53 Å². The fourth-order valence-electron chi connectivity index (χ4n) is 2.98. The number of amides is 1. The number of unbranched alkanes of at least 4 members (excludes halogenated alkanes) is 3. The van der Waals surface area contributed by atoms with Gasteiger partial charge in [-0.15, -0.1) is 0 Å². The van der Waals surface area contributed by atoms with Gasteiger partial charge in [0.2, 0.25) is 5.72 Å². The summed E-state index contributed by atoms with van der Waals surface area (Å²) >= 11 is 6.26. The summed E-state index contributed by atoms with van der Waals surface area (Å²) in [6, 6.07) is 16.7. The zero-order valence-corrected chi connectivity index (χ0v) is 17.6. The summed E-state index contributed by atoms with van der Waals surface area (Å²) < 4.78 is 6.30. The minimum atomic E-state index is -1.15. The minimum absolute atomic E-state index is 0.225. The van der Waals surface area contributed by atoms with E-state index in [2.05, 4.69) is 24.5 Å². The Bertz CT molecular complexity index is 712. The number of carbonyl (C=O) groups is 1. The lowest BCUT2D eigenvalue weighted by atomic mass is 10.0. The van der Waals surface area contributed by atoms with Gasteiger partial charge in [0, 0.05) is 6.42 Å². The van der Waals surface area contributed by atoms with Crippen molar-refractivity contribution >= 4 is 23.2 Å². The monoisotopic (exact) mass is 402 g/mol. The van der Waals surface area contributed by atoms with Crippen molar-refractivity contribution in [2.24, 2.45) is 0 Å².